The lowest BCUT2D eigenvalue weighted by Crippen LogP contribution is -2.40. The maximum absolute atomic E-state index is 12.8. The summed E-state index contributed by atoms with van der Waals surface area (Å²) >= 11 is 5.96. The van der Waals surface area contributed by atoms with Crippen molar-refractivity contribution in [2.24, 2.45) is 11.7 Å². The standard InChI is InChI=1S/C17H23ClN2O/c18-14-8-6-12(7-9-14)16-5-2-10-20(16)17(21)13-3-1-4-15(19)11-13/h6-9,13,15-16H,1-5,10-11,19H2. The molecular weight excluding hydrogens is 284 g/mol. The van der Waals surface area contributed by atoms with Gasteiger partial charge in [-0.2, -0.15) is 0 Å². The molecule has 4 heteroatoms. The van der Waals surface area contributed by atoms with Crippen molar-refractivity contribution in [2.75, 3.05) is 6.54 Å². The molecule has 2 N–H and O–H groups in total. The largest absolute Gasteiger partial charge is 0.335 e. The molecule has 1 heterocycles. The number of carbonyl (C=O) groups is 1. The Labute approximate surface area is 131 Å². The van der Waals surface area contributed by atoms with E-state index < -0.39 is 0 Å². The molecule has 1 saturated heterocycles. The van der Waals surface area contributed by atoms with E-state index in [4.69, 9.17) is 17.3 Å². The van der Waals surface area contributed by atoms with Gasteiger partial charge < -0.3 is 10.6 Å². The Bertz CT molecular complexity index is 502. The van der Waals surface area contributed by atoms with Crippen LogP contribution in [0.25, 0.3) is 0 Å². The van der Waals surface area contributed by atoms with Gasteiger partial charge in [0, 0.05) is 23.5 Å². The molecule has 3 rings (SSSR count). The van der Waals surface area contributed by atoms with Crippen molar-refractivity contribution in [2.45, 2.75) is 50.6 Å². The van der Waals surface area contributed by atoms with Crippen LogP contribution in [0.3, 0.4) is 0 Å². The van der Waals surface area contributed by atoms with Gasteiger partial charge in [0.1, 0.15) is 0 Å². The van der Waals surface area contributed by atoms with Gasteiger partial charge in [-0.05, 0) is 49.8 Å². The highest BCUT2D eigenvalue weighted by Crippen LogP contribution is 2.35. The smallest absolute Gasteiger partial charge is 0.226 e. The second-order valence-corrected chi connectivity index (χ2v) is 6.80. The Morgan fingerprint density at radius 1 is 1.14 bits per heavy atom. The average molecular weight is 307 g/mol. The van der Waals surface area contributed by atoms with Crippen LogP contribution in [0.5, 0.6) is 0 Å². The number of halogens is 1. The summed E-state index contributed by atoms with van der Waals surface area (Å²) in [6, 6.07) is 8.33. The number of hydrogen-bond donors (Lipinski definition) is 1. The molecule has 2 fully saturated rings. The van der Waals surface area contributed by atoms with Gasteiger partial charge in [-0.25, -0.2) is 0 Å². The Hall–Kier alpha value is -1.06. The molecule has 1 saturated carbocycles. The number of carbonyl (C=O) groups excluding carboxylic acids is 1. The van der Waals surface area contributed by atoms with Crippen LogP contribution >= 0.6 is 11.6 Å². The van der Waals surface area contributed by atoms with E-state index in [1.54, 1.807) is 0 Å². The molecule has 1 amide bonds. The summed E-state index contributed by atoms with van der Waals surface area (Å²) < 4.78 is 0. The van der Waals surface area contributed by atoms with Crippen molar-refractivity contribution >= 4 is 17.5 Å². The quantitative estimate of drug-likeness (QED) is 0.908. The number of benzene rings is 1. The minimum Gasteiger partial charge on any atom is -0.335 e. The van der Waals surface area contributed by atoms with Crippen LogP contribution in [-0.4, -0.2) is 23.4 Å². The molecule has 0 spiro atoms. The minimum absolute atomic E-state index is 0.127. The predicted molar refractivity (Wildman–Crippen MR) is 85.1 cm³/mol. The van der Waals surface area contributed by atoms with Gasteiger partial charge in [0.15, 0.2) is 0 Å². The molecule has 3 unspecified atom stereocenters. The number of hydrogen-bond acceptors (Lipinski definition) is 2. The van der Waals surface area contributed by atoms with Crippen molar-refractivity contribution in [3.05, 3.63) is 34.9 Å². The topological polar surface area (TPSA) is 46.3 Å². The number of rotatable bonds is 2. The highest BCUT2D eigenvalue weighted by Gasteiger charge is 2.35. The van der Waals surface area contributed by atoms with E-state index in [0.717, 1.165) is 50.1 Å². The predicted octanol–water partition coefficient (Wildman–Crippen LogP) is 3.52. The zero-order valence-electron chi connectivity index (χ0n) is 12.3. The zero-order chi connectivity index (χ0) is 14.8. The molecule has 1 aliphatic carbocycles. The molecule has 0 aromatic heterocycles. The SMILES string of the molecule is NC1CCCC(C(=O)N2CCCC2c2ccc(Cl)cc2)C1. The van der Waals surface area contributed by atoms with E-state index in [9.17, 15) is 4.79 Å². The zero-order valence-corrected chi connectivity index (χ0v) is 13.1. The summed E-state index contributed by atoms with van der Waals surface area (Å²) in [6.45, 7) is 0.873. The van der Waals surface area contributed by atoms with E-state index >= 15 is 0 Å². The molecule has 1 aliphatic heterocycles. The van der Waals surface area contributed by atoms with Gasteiger partial charge in [-0.1, -0.05) is 30.2 Å². The van der Waals surface area contributed by atoms with E-state index in [0.29, 0.717) is 5.91 Å². The maximum atomic E-state index is 12.8. The lowest BCUT2D eigenvalue weighted by Gasteiger charge is -2.32. The monoisotopic (exact) mass is 306 g/mol. The van der Waals surface area contributed by atoms with Crippen LogP contribution in [0.4, 0.5) is 0 Å². The summed E-state index contributed by atoms with van der Waals surface area (Å²) in [7, 11) is 0. The van der Waals surface area contributed by atoms with Gasteiger partial charge in [0.2, 0.25) is 5.91 Å². The van der Waals surface area contributed by atoms with Crippen LogP contribution in [0.1, 0.15) is 50.1 Å². The van der Waals surface area contributed by atoms with Crippen molar-refractivity contribution in [3.63, 3.8) is 0 Å². The first kappa shape index (κ1) is 14.9. The van der Waals surface area contributed by atoms with Crippen molar-refractivity contribution in [3.8, 4) is 0 Å². The average Bonchev–Trinajstić information content (AvgIpc) is 2.96. The highest BCUT2D eigenvalue weighted by molar-refractivity contribution is 6.30. The number of nitrogens with zero attached hydrogens (tertiary/aromatic N) is 1. The molecule has 2 aliphatic rings. The summed E-state index contributed by atoms with van der Waals surface area (Å²) in [5.74, 6) is 0.434. The van der Waals surface area contributed by atoms with Gasteiger partial charge in [0.05, 0.1) is 6.04 Å². The normalized spacial score (nSPS) is 29.6. The van der Waals surface area contributed by atoms with Gasteiger partial charge in [-0.15, -0.1) is 0 Å². The first-order valence-corrected chi connectivity index (χ1v) is 8.34. The maximum Gasteiger partial charge on any atom is 0.226 e. The van der Waals surface area contributed by atoms with Gasteiger partial charge in [-0.3, -0.25) is 4.79 Å². The van der Waals surface area contributed by atoms with Crippen LogP contribution in [0, 0.1) is 5.92 Å². The van der Waals surface area contributed by atoms with E-state index in [1.807, 2.05) is 24.3 Å². The van der Waals surface area contributed by atoms with E-state index in [-0.39, 0.29) is 18.0 Å². The lowest BCUT2D eigenvalue weighted by molar-refractivity contribution is -0.137. The first-order valence-electron chi connectivity index (χ1n) is 7.96. The van der Waals surface area contributed by atoms with Crippen LogP contribution < -0.4 is 5.73 Å². The Balaban J connectivity index is 1.74. The second-order valence-electron chi connectivity index (χ2n) is 6.36. The molecule has 1 aromatic carbocycles. The molecule has 0 radical (unpaired) electrons. The first-order chi connectivity index (χ1) is 10.1. The van der Waals surface area contributed by atoms with Gasteiger partial charge >= 0.3 is 0 Å². The highest BCUT2D eigenvalue weighted by atomic mass is 35.5. The molecule has 0 bridgehead atoms. The fourth-order valence-corrected chi connectivity index (χ4v) is 3.87. The van der Waals surface area contributed by atoms with Crippen molar-refractivity contribution < 1.29 is 4.79 Å². The third-order valence-corrected chi connectivity index (χ3v) is 5.11. The fraction of sp³-hybridized carbons (Fsp3) is 0.588. The Kier molecular flexibility index (Phi) is 4.51. The van der Waals surface area contributed by atoms with Crippen molar-refractivity contribution in [1.29, 1.82) is 0 Å². The number of likely N-dealkylation sites (tertiary alicyclic amines) is 1. The van der Waals surface area contributed by atoms with Crippen LogP contribution in [-0.2, 0) is 4.79 Å². The second kappa shape index (κ2) is 6.37. The molecule has 1 aromatic rings. The molecule has 3 nitrogen and oxygen atoms in total. The van der Waals surface area contributed by atoms with E-state index in [1.165, 1.54) is 5.56 Å². The van der Waals surface area contributed by atoms with Crippen LogP contribution in [0.2, 0.25) is 5.02 Å². The summed E-state index contributed by atoms with van der Waals surface area (Å²) in [5.41, 5.74) is 7.24. The van der Waals surface area contributed by atoms with Crippen LogP contribution in [0.15, 0.2) is 24.3 Å². The lowest BCUT2D eigenvalue weighted by atomic mass is 9.85. The third kappa shape index (κ3) is 3.24. The Morgan fingerprint density at radius 2 is 1.90 bits per heavy atom. The summed E-state index contributed by atoms with van der Waals surface area (Å²) in [6.07, 6.45) is 6.12. The third-order valence-electron chi connectivity index (χ3n) is 4.85. The molecule has 3 atom stereocenters. The molecule has 114 valence electrons. The Morgan fingerprint density at radius 3 is 2.62 bits per heavy atom. The summed E-state index contributed by atoms with van der Waals surface area (Å²) in [5, 5.41) is 0.743. The molecule has 21 heavy (non-hydrogen) atoms. The fourth-order valence-electron chi connectivity index (χ4n) is 3.75. The summed E-state index contributed by atoms with van der Waals surface area (Å²) in [4.78, 5) is 14.9. The number of amides is 1. The molecular formula is C17H23ClN2O. The minimum atomic E-state index is 0.127. The van der Waals surface area contributed by atoms with Crippen molar-refractivity contribution in [1.82, 2.24) is 4.90 Å². The van der Waals surface area contributed by atoms with E-state index in [2.05, 4.69) is 4.90 Å². The van der Waals surface area contributed by atoms with Gasteiger partial charge in [0.25, 0.3) is 0 Å². The number of nitrogens with two attached hydrogens (primary N) is 1.